The van der Waals surface area contributed by atoms with E-state index in [0.717, 1.165) is 22.4 Å². The van der Waals surface area contributed by atoms with Crippen molar-refractivity contribution in [1.82, 2.24) is 0 Å². The van der Waals surface area contributed by atoms with Crippen molar-refractivity contribution in [3.63, 3.8) is 0 Å². The summed E-state index contributed by atoms with van der Waals surface area (Å²) in [6.45, 7) is 6.45. The Bertz CT molecular complexity index is 593. The predicted octanol–water partition coefficient (Wildman–Crippen LogP) is 3.83. The number of benzene rings is 2. The van der Waals surface area contributed by atoms with Gasteiger partial charge in [0.1, 0.15) is 17.7 Å². The van der Waals surface area contributed by atoms with E-state index in [1.165, 1.54) is 17.7 Å². The zero-order chi connectivity index (χ0) is 14.7. The Labute approximate surface area is 119 Å². The van der Waals surface area contributed by atoms with Crippen molar-refractivity contribution in [2.75, 3.05) is 6.54 Å². The lowest BCUT2D eigenvalue weighted by atomic mass is 10.0. The first-order chi connectivity index (χ1) is 9.52. The molecule has 0 aliphatic rings. The van der Waals surface area contributed by atoms with Gasteiger partial charge in [0.05, 0.1) is 0 Å². The SMILES string of the molecule is Cc1ccc(C)c(OC(CN)c2ccc(F)cc2)c1C. The van der Waals surface area contributed by atoms with E-state index in [0.29, 0.717) is 6.54 Å². The molecule has 0 fully saturated rings. The van der Waals surface area contributed by atoms with Crippen molar-refractivity contribution in [3.8, 4) is 5.75 Å². The van der Waals surface area contributed by atoms with E-state index in [1.54, 1.807) is 12.1 Å². The van der Waals surface area contributed by atoms with Crippen LogP contribution >= 0.6 is 0 Å². The lowest BCUT2D eigenvalue weighted by Crippen LogP contribution is -2.19. The second-order valence-corrected chi connectivity index (χ2v) is 5.05. The number of ether oxygens (including phenoxy) is 1. The normalized spacial score (nSPS) is 12.2. The molecule has 0 aromatic heterocycles. The second kappa shape index (κ2) is 6.06. The van der Waals surface area contributed by atoms with Crippen molar-refractivity contribution in [2.24, 2.45) is 5.73 Å². The molecule has 0 saturated carbocycles. The Morgan fingerprint density at radius 3 is 2.20 bits per heavy atom. The molecule has 0 saturated heterocycles. The highest BCUT2D eigenvalue weighted by Gasteiger charge is 2.15. The van der Waals surface area contributed by atoms with Gasteiger partial charge in [0.2, 0.25) is 0 Å². The van der Waals surface area contributed by atoms with E-state index in [9.17, 15) is 4.39 Å². The highest BCUT2D eigenvalue weighted by molar-refractivity contribution is 5.45. The third kappa shape index (κ3) is 2.99. The Morgan fingerprint density at radius 2 is 1.60 bits per heavy atom. The molecule has 0 spiro atoms. The fraction of sp³-hybridized carbons (Fsp3) is 0.294. The molecule has 0 aliphatic carbocycles. The van der Waals surface area contributed by atoms with E-state index >= 15 is 0 Å². The Kier molecular flexibility index (Phi) is 4.40. The minimum Gasteiger partial charge on any atom is -0.484 e. The van der Waals surface area contributed by atoms with Crippen molar-refractivity contribution in [1.29, 1.82) is 0 Å². The first-order valence-electron chi connectivity index (χ1n) is 6.72. The number of halogens is 1. The van der Waals surface area contributed by atoms with Crippen LogP contribution in [0.15, 0.2) is 36.4 Å². The molecule has 0 radical (unpaired) electrons. The van der Waals surface area contributed by atoms with Crippen molar-refractivity contribution in [3.05, 3.63) is 64.5 Å². The van der Waals surface area contributed by atoms with Gasteiger partial charge >= 0.3 is 0 Å². The quantitative estimate of drug-likeness (QED) is 0.918. The minimum atomic E-state index is -0.269. The smallest absolute Gasteiger partial charge is 0.136 e. The summed E-state index contributed by atoms with van der Waals surface area (Å²) in [5, 5.41) is 0. The van der Waals surface area contributed by atoms with E-state index < -0.39 is 0 Å². The van der Waals surface area contributed by atoms with Gasteiger partial charge in [-0.1, -0.05) is 24.3 Å². The standard InChI is InChI=1S/C17H20FNO/c1-11-4-5-12(2)17(13(11)3)20-16(10-19)14-6-8-15(18)9-7-14/h4-9,16H,10,19H2,1-3H3. The molecule has 0 heterocycles. The lowest BCUT2D eigenvalue weighted by molar-refractivity contribution is 0.211. The second-order valence-electron chi connectivity index (χ2n) is 5.05. The van der Waals surface area contributed by atoms with Gasteiger partial charge in [0.15, 0.2) is 0 Å². The summed E-state index contributed by atoms with van der Waals surface area (Å²) in [6, 6.07) is 10.4. The molecule has 2 N–H and O–H groups in total. The topological polar surface area (TPSA) is 35.2 Å². The van der Waals surface area contributed by atoms with Gasteiger partial charge in [0.25, 0.3) is 0 Å². The van der Waals surface area contributed by atoms with Gasteiger partial charge in [0, 0.05) is 6.54 Å². The predicted molar refractivity (Wildman–Crippen MR) is 79.5 cm³/mol. The third-order valence-electron chi connectivity index (χ3n) is 3.59. The molecule has 1 atom stereocenters. The molecular formula is C17H20FNO. The van der Waals surface area contributed by atoms with E-state index in [-0.39, 0.29) is 11.9 Å². The molecule has 2 aromatic carbocycles. The summed E-state index contributed by atoms with van der Waals surface area (Å²) in [4.78, 5) is 0. The third-order valence-corrected chi connectivity index (χ3v) is 3.59. The molecule has 1 unspecified atom stereocenters. The summed E-state index contributed by atoms with van der Waals surface area (Å²) < 4.78 is 19.1. The highest BCUT2D eigenvalue weighted by atomic mass is 19.1. The zero-order valence-electron chi connectivity index (χ0n) is 12.1. The molecule has 20 heavy (non-hydrogen) atoms. The van der Waals surface area contributed by atoms with Crippen LogP contribution in [0.4, 0.5) is 4.39 Å². The fourth-order valence-electron chi connectivity index (χ4n) is 2.18. The van der Waals surface area contributed by atoms with Crippen molar-refractivity contribution < 1.29 is 9.13 Å². The van der Waals surface area contributed by atoms with Crippen molar-refractivity contribution >= 4 is 0 Å². The van der Waals surface area contributed by atoms with Gasteiger partial charge in [-0.3, -0.25) is 0 Å². The Hall–Kier alpha value is -1.87. The molecule has 2 aromatic rings. The first-order valence-corrected chi connectivity index (χ1v) is 6.72. The van der Waals surface area contributed by atoms with Crippen LogP contribution in [0.5, 0.6) is 5.75 Å². The summed E-state index contributed by atoms with van der Waals surface area (Å²) in [5.74, 6) is 0.609. The van der Waals surface area contributed by atoms with Gasteiger partial charge < -0.3 is 10.5 Å². The highest BCUT2D eigenvalue weighted by Crippen LogP contribution is 2.30. The molecular weight excluding hydrogens is 253 g/mol. The summed E-state index contributed by atoms with van der Waals surface area (Å²) >= 11 is 0. The van der Waals surface area contributed by atoms with Crippen LogP contribution in [0.3, 0.4) is 0 Å². The van der Waals surface area contributed by atoms with Crippen LogP contribution in [-0.4, -0.2) is 6.54 Å². The molecule has 0 amide bonds. The minimum absolute atomic E-state index is 0.257. The van der Waals surface area contributed by atoms with Crippen LogP contribution < -0.4 is 10.5 Å². The fourth-order valence-corrected chi connectivity index (χ4v) is 2.18. The molecule has 106 valence electrons. The van der Waals surface area contributed by atoms with Crippen LogP contribution in [0.2, 0.25) is 0 Å². The lowest BCUT2D eigenvalue weighted by Gasteiger charge is -2.21. The number of hydrogen-bond acceptors (Lipinski definition) is 2. The van der Waals surface area contributed by atoms with Crippen molar-refractivity contribution in [2.45, 2.75) is 26.9 Å². The molecule has 3 heteroatoms. The van der Waals surface area contributed by atoms with Gasteiger partial charge in [-0.2, -0.15) is 0 Å². The van der Waals surface area contributed by atoms with E-state index in [4.69, 9.17) is 10.5 Å². The monoisotopic (exact) mass is 273 g/mol. The maximum atomic E-state index is 13.0. The molecule has 0 aliphatic heterocycles. The summed E-state index contributed by atoms with van der Waals surface area (Å²) in [5.41, 5.74) is 10.1. The summed E-state index contributed by atoms with van der Waals surface area (Å²) in [6.07, 6.45) is -0.269. The van der Waals surface area contributed by atoms with Crippen LogP contribution in [0, 0.1) is 26.6 Å². The maximum absolute atomic E-state index is 13.0. The van der Waals surface area contributed by atoms with Gasteiger partial charge in [-0.25, -0.2) is 4.39 Å². The largest absolute Gasteiger partial charge is 0.484 e. The van der Waals surface area contributed by atoms with E-state index in [2.05, 4.69) is 13.0 Å². The average Bonchev–Trinajstić information content (AvgIpc) is 2.45. The van der Waals surface area contributed by atoms with Crippen LogP contribution in [-0.2, 0) is 0 Å². The van der Waals surface area contributed by atoms with Gasteiger partial charge in [-0.15, -0.1) is 0 Å². The number of rotatable bonds is 4. The number of nitrogens with two attached hydrogens (primary N) is 1. The molecule has 2 nitrogen and oxygen atoms in total. The van der Waals surface area contributed by atoms with E-state index in [1.807, 2.05) is 19.9 Å². The van der Waals surface area contributed by atoms with Crippen LogP contribution in [0.25, 0.3) is 0 Å². The summed E-state index contributed by atoms with van der Waals surface area (Å²) in [7, 11) is 0. The molecule has 2 rings (SSSR count). The molecule has 0 bridgehead atoms. The zero-order valence-corrected chi connectivity index (χ0v) is 12.1. The first kappa shape index (κ1) is 14.5. The van der Waals surface area contributed by atoms with Gasteiger partial charge in [-0.05, 0) is 55.2 Å². The maximum Gasteiger partial charge on any atom is 0.136 e. The van der Waals surface area contributed by atoms with Crippen LogP contribution in [0.1, 0.15) is 28.4 Å². The Balaban J connectivity index is 2.31. The Morgan fingerprint density at radius 1 is 1.00 bits per heavy atom. The number of hydrogen-bond donors (Lipinski definition) is 1. The average molecular weight is 273 g/mol. The number of aryl methyl sites for hydroxylation is 2.